The molecule has 0 unspecified atom stereocenters. The molecule has 0 N–H and O–H groups in total. The van der Waals surface area contributed by atoms with E-state index in [-0.39, 0.29) is 5.97 Å². The van der Waals surface area contributed by atoms with E-state index < -0.39 is 0 Å². The molecule has 122 valence electrons. The van der Waals surface area contributed by atoms with Gasteiger partial charge in [0.1, 0.15) is 0 Å². The highest BCUT2D eigenvalue weighted by molar-refractivity contribution is 6.04. The van der Waals surface area contributed by atoms with Crippen molar-refractivity contribution in [1.82, 2.24) is 14.8 Å². The highest BCUT2D eigenvalue weighted by Gasteiger charge is 2.29. The molecule has 0 aliphatic heterocycles. The normalized spacial score (nSPS) is 14.1. The molecule has 2 heterocycles. The van der Waals surface area contributed by atoms with Gasteiger partial charge in [0.2, 0.25) is 0 Å². The van der Waals surface area contributed by atoms with Crippen LogP contribution in [0.3, 0.4) is 0 Å². The lowest BCUT2D eigenvalue weighted by atomic mass is 10.1. The first kappa shape index (κ1) is 14.9. The van der Waals surface area contributed by atoms with E-state index in [0.717, 1.165) is 41.0 Å². The molecule has 1 saturated carbocycles. The molecule has 1 fully saturated rings. The summed E-state index contributed by atoms with van der Waals surface area (Å²) in [5.74, 6) is 0.107. The average molecular weight is 321 g/mol. The molecule has 5 nitrogen and oxygen atoms in total. The molecule has 3 aromatic rings. The maximum absolute atomic E-state index is 12.3. The molecular formula is C19H19N3O2. The van der Waals surface area contributed by atoms with Gasteiger partial charge in [-0.1, -0.05) is 17.7 Å². The summed E-state index contributed by atoms with van der Waals surface area (Å²) >= 11 is 0. The number of pyridine rings is 1. The summed E-state index contributed by atoms with van der Waals surface area (Å²) in [5.41, 5.74) is 5.14. The second-order valence-electron chi connectivity index (χ2n) is 6.39. The van der Waals surface area contributed by atoms with Crippen LogP contribution in [0.1, 0.15) is 46.1 Å². The fraction of sp³-hybridized carbons (Fsp3) is 0.316. The summed E-state index contributed by atoms with van der Waals surface area (Å²) in [5, 5.41) is 5.40. The number of aromatic nitrogens is 3. The van der Waals surface area contributed by atoms with E-state index in [4.69, 9.17) is 9.72 Å². The minimum absolute atomic E-state index is 0.337. The van der Waals surface area contributed by atoms with Crippen molar-refractivity contribution < 1.29 is 9.53 Å². The lowest BCUT2D eigenvalue weighted by Crippen LogP contribution is -2.06. The van der Waals surface area contributed by atoms with Crippen LogP contribution in [0.5, 0.6) is 0 Å². The smallest absolute Gasteiger partial charge is 0.338 e. The summed E-state index contributed by atoms with van der Waals surface area (Å²) in [4.78, 5) is 17.1. The SMILES string of the molecule is COC(=O)c1cc(C2CC2)nc2c1c(C)nn2-c1ccc(C)cc1. The largest absolute Gasteiger partial charge is 0.465 e. The van der Waals surface area contributed by atoms with Crippen LogP contribution in [-0.4, -0.2) is 27.8 Å². The van der Waals surface area contributed by atoms with Crippen LogP contribution in [-0.2, 0) is 4.74 Å². The van der Waals surface area contributed by atoms with Crippen LogP contribution in [0.25, 0.3) is 16.7 Å². The molecule has 5 heteroatoms. The van der Waals surface area contributed by atoms with E-state index >= 15 is 0 Å². The Morgan fingerprint density at radius 1 is 1.21 bits per heavy atom. The molecule has 0 saturated heterocycles. The average Bonchev–Trinajstić information content (AvgIpc) is 3.39. The summed E-state index contributed by atoms with van der Waals surface area (Å²) < 4.78 is 6.80. The van der Waals surface area contributed by atoms with Gasteiger partial charge in [0, 0.05) is 11.6 Å². The van der Waals surface area contributed by atoms with Gasteiger partial charge in [-0.3, -0.25) is 0 Å². The van der Waals surface area contributed by atoms with Crippen molar-refractivity contribution in [2.24, 2.45) is 0 Å². The van der Waals surface area contributed by atoms with Crippen molar-refractivity contribution in [2.75, 3.05) is 7.11 Å². The number of esters is 1. The second kappa shape index (κ2) is 5.44. The van der Waals surface area contributed by atoms with Gasteiger partial charge in [-0.2, -0.15) is 5.10 Å². The Bertz CT molecular complexity index is 937. The van der Waals surface area contributed by atoms with Crippen LogP contribution >= 0.6 is 0 Å². The van der Waals surface area contributed by atoms with E-state index in [1.807, 2.05) is 41.9 Å². The van der Waals surface area contributed by atoms with Gasteiger partial charge >= 0.3 is 5.97 Å². The van der Waals surface area contributed by atoms with Gasteiger partial charge in [-0.05, 0) is 44.9 Å². The number of rotatable bonds is 3. The fourth-order valence-corrected chi connectivity index (χ4v) is 3.03. The quantitative estimate of drug-likeness (QED) is 0.690. The highest BCUT2D eigenvalue weighted by Crippen LogP contribution is 2.40. The van der Waals surface area contributed by atoms with E-state index in [0.29, 0.717) is 11.5 Å². The van der Waals surface area contributed by atoms with Crippen LogP contribution < -0.4 is 0 Å². The fourth-order valence-electron chi connectivity index (χ4n) is 3.03. The molecule has 1 aliphatic carbocycles. The van der Waals surface area contributed by atoms with Gasteiger partial charge in [0.25, 0.3) is 0 Å². The number of fused-ring (bicyclic) bond motifs is 1. The zero-order valence-corrected chi connectivity index (χ0v) is 14.0. The Morgan fingerprint density at radius 3 is 2.54 bits per heavy atom. The Kier molecular flexibility index (Phi) is 3.37. The molecule has 0 atom stereocenters. The third-order valence-electron chi connectivity index (χ3n) is 4.51. The van der Waals surface area contributed by atoms with Crippen molar-refractivity contribution in [1.29, 1.82) is 0 Å². The number of hydrogen-bond donors (Lipinski definition) is 0. The highest BCUT2D eigenvalue weighted by atomic mass is 16.5. The number of methoxy groups -OCH3 is 1. The number of aryl methyl sites for hydroxylation is 2. The second-order valence-corrected chi connectivity index (χ2v) is 6.39. The first-order valence-corrected chi connectivity index (χ1v) is 8.14. The molecular weight excluding hydrogens is 302 g/mol. The molecule has 1 aromatic carbocycles. The maximum atomic E-state index is 12.3. The predicted octanol–water partition coefficient (Wildman–Crippen LogP) is 3.70. The lowest BCUT2D eigenvalue weighted by Gasteiger charge is -2.07. The van der Waals surface area contributed by atoms with E-state index in [9.17, 15) is 4.79 Å². The van der Waals surface area contributed by atoms with Gasteiger partial charge in [-0.15, -0.1) is 0 Å². The number of carbonyl (C=O) groups excluding carboxylic acids is 1. The van der Waals surface area contributed by atoms with Gasteiger partial charge in [0.05, 0.1) is 29.4 Å². The third-order valence-corrected chi connectivity index (χ3v) is 4.51. The molecule has 1 aliphatic rings. The number of nitrogens with zero attached hydrogens (tertiary/aromatic N) is 3. The monoisotopic (exact) mass is 321 g/mol. The van der Waals surface area contributed by atoms with Crippen LogP contribution in [0.15, 0.2) is 30.3 Å². The minimum atomic E-state index is -0.337. The summed E-state index contributed by atoms with van der Waals surface area (Å²) in [6.45, 7) is 3.95. The van der Waals surface area contributed by atoms with Crippen LogP contribution in [0.4, 0.5) is 0 Å². The lowest BCUT2D eigenvalue weighted by molar-refractivity contribution is 0.0602. The van der Waals surface area contributed by atoms with E-state index in [1.165, 1.54) is 12.7 Å². The predicted molar refractivity (Wildman–Crippen MR) is 91.7 cm³/mol. The summed E-state index contributed by atoms with van der Waals surface area (Å²) in [6.07, 6.45) is 2.24. The minimum Gasteiger partial charge on any atom is -0.465 e. The van der Waals surface area contributed by atoms with Crippen molar-refractivity contribution >= 4 is 17.0 Å². The number of ether oxygens (including phenoxy) is 1. The standard InChI is InChI=1S/C19H19N3O2/c1-11-4-8-14(9-5-11)22-18-17(12(2)21-22)15(19(23)24-3)10-16(20-18)13-6-7-13/h4-5,8-10,13H,6-7H2,1-3H3. The molecule has 0 spiro atoms. The van der Waals surface area contributed by atoms with Gasteiger partial charge in [0.15, 0.2) is 5.65 Å². The van der Waals surface area contributed by atoms with Crippen LogP contribution in [0.2, 0.25) is 0 Å². The van der Waals surface area contributed by atoms with Crippen LogP contribution in [0, 0.1) is 13.8 Å². The van der Waals surface area contributed by atoms with E-state index in [2.05, 4.69) is 12.0 Å². The summed E-state index contributed by atoms with van der Waals surface area (Å²) in [6, 6.07) is 10.0. The third kappa shape index (κ3) is 2.37. The summed E-state index contributed by atoms with van der Waals surface area (Å²) in [7, 11) is 1.41. The van der Waals surface area contributed by atoms with E-state index in [1.54, 1.807) is 0 Å². The topological polar surface area (TPSA) is 57.0 Å². The Hall–Kier alpha value is -2.69. The van der Waals surface area contributed by atoms with Crippen molar-refractivity contribution in [3.05, 3.63) is 52.8 Å². The zero-order chi connectivity index (χ0) is 16.8. The molecule has 0 radical (unpaired) electrons. The first-order valence-electron chi connectivity index (χ1n) is 8.14. The van der Waals surface area contributed by atoms with Crippen molar-refractivity contribution in [2.45, 2.75) is 32.6 Å². The maximum Gasteiger partial charge on any atom is 0.338 e. The van der Waals surface area contributed by atoms with Crippen molar-refractivity contribution in [3.8, 4) is 5.69 Å². The van der Waals surface area contributed by atoms with Gasteiger partial charge in [-0.25, -0.2) is 14.5 Å². The number of hydrogen-bond acceptors (Lipinski definition) is 4. The molecule has 0 bridgehead atoms. The Labute approximate surface area is 140 Å². The number of benzene rings is 1. The number of carbonyl (C=O) groups is 1. The molecule has 24 heavy (non-hydrogen) atoms. The van der Waals surface area contributed by atoms with Crippen molar-refractivity contribution in [3.63, 3.8) is 0 Å². The van der Waals surface area contributed by atoms with Gasteiger partial charge < -0.3 is 4.74 Å². The molecule has 2 aromatic heterocycles. The zero-order valence-electron chi connectivity index (χ0n) is 14.0. The first-order chi connectivity index (χ1) is 11.6. The Morgan fingerprint density at radius 2 is 1.92 bits per heavy atom. The Balaban J connectivity index is 2.00. The molecule has 4 rings (SSSR count). The molecule has 0 amide bonds.